The number of anilines is 1. The van der Waals surface area contributed by atoms with Gasteiger partial charge in [0.05, 0.1) is 0 Å². The van der Waals surface area contributed by atoms with Crippen molar-refractivity contribution in [1.82, 2.24) is 9.97 Å². The molecule has 0 saturated carbocycles. The molecule has 4 heteroatoms. The highest BCUT2D eigenvalue weighted by atomic mass is 15.1. The minimum atomic E-state index is 0.280. The Hall–Kier alpha value is -1.16. The second-order valence-corrected chi connectivity index (χ2v) is 3.45. The van der Waals surface area contributed by atoms with Crippen LogP contribution in [0.4, 0.5) is 5.95 Å². The third-order valence-corrected chi connectivity index (χ3v) is 2.04. The van der Waals surface area contributed by atoms with Crippen LogP contribution in [-0.2, 0) is 0 Å². The first kappa shape index (κ1) is 10.9. The Balaban J connectivity index is 2.53. The first-order valence-corrected chi connectivity index (χ1v) is 5.01. The Bertz CT molecular complexity index is 257. The lowest BCUT2D eigenvalue weighted by molar-refractivity contribution is 0.642. The van der Waals surface area contributed by atoms with Gasteiger partial charge in [-0.15, -0.1) is 0 Å². The second-order valence-electron chi connectivity index (χ2n) is 3.45. The molecule has 4 nitrogen and oxygen atoms in total. The van der Waals surface area contributed by atoms with Gasteiger partial charge in [0, 0.05) is 25.0 Å². The van der Waals surface area contributed by atoms with E-state index >= 15 is 0 Å². The van der Waals surface area contributed by atoms with Crippen LogP contribution in [0.2, 0.25) is 0 Å². The molecule has 0 saturated heterocycles. The van der Waals surface area contributed by atoms with Crippen LogP contribution in [0.3, 0.4) is 0 Å². The van der Waals surface area contributed by atoms with Crippen molar-refractivity contribution in [2.24, 2.45) is 5.73 Å². The maximum atomic E-state index is 5.62. The summed E-state index contributed by atoms with van der Waals surface area (Å²) in [7, 11) is 0. The van der Waals surface area contributed by atoms with Crippen LogP contribution < -0.4 is 11.1 Å². The number of rotatable bonds is 5. The number of nitrogens with zero attached hydrogens (tertiary/aromatic N) is 2. The zero-order valence-corrected chi connectivity index (χ0v) is 8.83. The maximum absolute atomic E-state index is 5.62. The van der Waals surface area contributed by atoms with Crippen LogP contribution in [0.25, 0.3) is 0 Å². The molecule has 1 heterocycles. The van der Waals surface area contributed by atoms with Crippen molar-refractivity contribution in [3.63, 3.8) is 0 Å². The number of hydrogen-bond acceptors (Lipinski definition) is 4. The largest absolute Gasteiger partial charge is 0.350 e. The molecule has 0 radical (unpaired) electrons. The highest BCUT2D eigenvalue weighted by Gasteiger charge is 2.05. The number of aromatic nitrogens is 2. The molecule has 14 heavy (non-hydrogen) atoms. The van der Waals surface area contributed by atoms with Crippen LogP contribution in [0.15, 0.2) is 12.4 Å². The van der Waals surface area contributed by atoms with E-state index in [9.17, 15) is 0 Å². The molecule has 78 valence electrons. The van der Waals surface area contributed by atoms with Crippen molar-refractivity contribution >= 4 is 5.95 Å². The molecule has 0 aliphatic heterocycles. The molecule has 1 rings (SSSR count). The van der Waals surface area contributed by atoms with Gasteiger partial charge in [-0.1, -0.05) is 13.3 Å². The van der Waals surface area contributed by atoms with Gasteiger partial charge in [0.15, 0.2) is 0 Å². The van der Waals surface area contributed by atoms with E-state index in [2.05, 4.69) is 22.2 Å². The molecular formula is C10H18N4. The van der Waals surface area contributed by atoms with Crippen molar-refractivity contribution < 1.29 is 0 Å². The molecule has 0 aliphatic carbocycles. The number of aryl methyl sites for hydroxylation is 1. The molecule has 3 N–H and O–H groups in total. The summed E-state index contributed by atoms with van der Waals surface area (Å²) in [5, 5.41) is 3.21. The molecule has 0 aliphatic rings. The predicted molar refractivity (Wildman–Crippen MR) is 58.1 cm³/mol. The van der Waals surface area contributed by atoms with E-state index in [1.54, 1.807) is 12.4 Å². The van der Waals surface area contributed by atoms with Crippen LogP contribution >= 0.6 is 0 Å². The molecule has 0 aromatic carbocycles. The van der Waals surface area contributed by atoms with Crippen molar-refractivity contribution in [3.8, 4) is 0 Å². The Labute approximate surface area is 85.0 Å². The quantitative estimate of drug-likeness (QED) is 0.742. The summed E-state index contributed by atoms with van der Waals surface area (Å²) in [5.41, 5.74) is 6.68. The number of nitrogens with one attached hydrogen (secondary N) is 1. The van der Waals surface area contributed by atoms with Crippen LogP contribution in [0.1, 0.15) is 25.3 Å². The molecular weight excluding hydrogens is 176 g/mol. The van der Waals surface area contributed by atoms with Gasteiger partial charge in [0.1, 0.15) is 0 Å². The third kappa shape index (κ3) is 3.30. The maximum Gasteiger partial charge on any atom is 0.222 e. The average molecular weight is 194 g/mol. The van der Waals surface area contributed by atoms with Crippen molar-refractivity contribution in [2.45, 2.75) is 32.7 Å². The Morgan fingerprint density at radius 1 is 1.43 bits per heavy atom. The average Bonchev–Trinajstić information content (AvgIpc) is 2.20. The van der Waals surface area contributed by atoms with Gasteiger partial charge in [-0.3, -0.25) is 0 Å². The molecule has 0 bridgehead atoms. The fourth-order valence-electron chi connectivity index (χ4n) is 1.25. The highest BCUT2D eigenvalue weighted by molar-refractivity contribution is 5.26. The van der Waals surface area contributed by atoms with Gasteiger partial charge in [0.2, 0.25) is 5.95 Å². The molecule has 0 fully saturated rings. The van der Waals surface area contributed by atoms with Crippen LogP contribution in [0.5, 0.6) is 0 Å². The first-order valence-electron chi connectivity index (χ1n) is 5.01. The zero-order chi connectivity index (χ0) is 10.4. The SMILES string of the molecule is CCCC(CN)Nc1ncc(C)cn1. The summed E-state index contributed by atoms with van der Waals surface area (Å²) in [6, 6.07) is 0.280. The van der Waals surface area contributed by atoms with Crippen molar-refractivity contribution in [1.29, 1.82) is 0 Å². The lowest BCUT2D eigenvalue weighted by Gasteiger charge is -2.15. The lowest BCUT2D eigenvalue weighted by Crippen LogP contribution is -2.29. The molecule has 1 atom stereocenters. The van der Waals surface area contributed by atoms with Crippen molar-refractivity contribution in [3.05, 3.63) is 18.0 Å². The summed E-state index contributed by atoms with van der Waals surface area (Å²) >= 11 is 0. The fourth-order valence-corrected chi connectivity index (χ4v) is 1.25. The highest BCUT2D eigenvalue weighted by Crippen LogP contribution is 2.04. The Morgan fingerprint density at radius 3 is 2.57 bits per heavy atom. The standard InChI is InChI=1S/C10H18N4/c1-3-4-9(5-11)14-10-12-6-8(2)7-13-10/h6-7,9H,3-5,11H2,1-2H3,(H,12,13,14). The first-order chi connectivity index (χ1) is 6.76. The molecule has 1 aromatic rings. The Morgan fingerprint density at radius 2 is 2.07 bits per heavy atom. The summed E-state index contributed by atoms with van der Waals surface area (Å²) < 4.78 is 0. The van der Waals surface area contributed by atoms with E-state index in [0.717, 1.165) is 18.4 Å². The molecule has 1 unspecified atom stereocenters. The lowest BCUT2D eigenvalue weighted by atomic mass is 10.2. The summed E-state index contributed by atoms with van der Waals surface area (Å²) in [4.78, 5) is 8.34. The van der Waals surface area contributed by atoms with E-state index in [1.165, 1.54) is 0 Å². The second kappa shape index (κ2) is 5.54. The topological polar surface area (TPSA) is 63.8 Å². The van der Waals surface area contributed by atoms with E-state index in [0.29, 0.717) is 12.5 Å². The van der Waals surface area contributed by atoms with E-state index in [4.69, 9.17) is 5.73 Å². The van der Waals surface area contributed by atoms with Gasteiger partial charge >= 0.3 is 0 Å². The van der Waals surface area contributed by atoms with Crippen LogP contribution in [-0.4, -0.2) is 22.6 Å². The fraction of sp³-hybridized carbons (Fsp3) is 0.600. The smallest absolute Gasteiger partial charge is 0.222 e. The van der Waals surface area contributed by atoms with Gasteiger partial charge < -0.3 is 11.1 Å². The Kier molecular flexibility index (Phi) is 4.32. The monoisotopic (exact) mass is 194 g/mol. The van der Waals surface area contributed by atoms with Gasteiger partial charge in [-0.05, 0) is 18.9 Å². The normalized spacial score (nSPS) is 12.5. The number of hydrogen-bond donors (Lipinski definition) is 2. The van der Waals surface area contributed by atoms with Crippen LogP contribution in [0, 0.1) is 6.92 Å². The molecule has 1 aromatic heterocycles. The number of nitrogens with two attached hydrogens (primary N) is 1. The predicted octanol–water partition coefficient (Wildman–Crippen LogP) is 1.32. The minimum absolute atomic E-state index is 0.280. The van der Waals surface area contributed by atoms with E-state index in [-0.39, 0.29) is 6.04 Å². The van der Waals surface area contributed by atoms with E-state index in [1.807, 2.05) is 6.92 Å². The van der Waals surface area contributed by atoms with Crippen molar-refractivity contribution in [2.75, 3.05) is 11.9 Å². The summed E-state index contributed by atoms with van der Waals surface area (Å²) in [6.07, 6.45) is 5.76. The van der Waals surface area contributed by atoms with E-state index < -0.39 is 0 Å². The summed E-state index contributed by atoms with van der Waals surface area (Å²) in [6.45, 7) is 4.72. The molecule has 0 amide bonds. The van der Waals surface area contributed by atoms with Gasteiger partial charge in [0.25, 0.3) is 0 Å². The van der Waals surface area contributed by atoms with Gasteiger partial charge in [-0.25, -0.2) is 9.97 Å². The minimum Gasteiger partial charge on any atom is -0.350 e. The zero-order valence-electron chi connectivity index (χ0n) is 8.83. The van der Waals surface area contributed by atoms with Gasteiger partial charge in [-0.2, -0.15) is 0 Å². The summed E-state index contributed by atoms with van der Waals surface area (Å²) in [5.74, 6) is 0.666. The molecule has 0 spiro atoms. The third-order valence-electron chi connectivity index (χ3n) is 2.04.